The van der Waals surface area contributed by atoms with Gasteiger partial charge in [0, 0.05) is 26.7 Å². The fourth-order valence-electron chi connectivity index (χ4n) is 3.57. The number of amides is 2. The Balaban J connectivity index is 1.45. The molecule has 0 saturated carbocycles. The number of aromatic nitrogens is 1. The molecular weight excluding hydrogens is 508 g/mol. The van der Waals surface area contributed by atoms with E-state index in [2.05, 4.69) is 57.2 Å². The van der Waals surface area contributed by atoms with Crippen molar-refractivity contribution in [1.29, 1.82) is 0 Å². The number of hydrogen-bond donors (Lipinski definition) is 3. The number of anilines is 1. The van der Waals surface area contributed by atoms with Crippen LogP contribution in [0.1, 0.15) is 52.6 Å². The lowest BCUT2D eigenvalue weighted by Crippen LogP contribution is -2.14. The second-order valence-corrected chi connectivity index (χ2v) is 10.2. The molecule has 4 rings (SSSR count). The molecule has 0 aliphatic heterocycles. The van der Waals surface area contributed by atoms with Crippen LogP contribution in [0.25, 0.3) is 10.9 Å². The van der Waals surface area contributed by atoms with Crippen molar-refractivity contribution in [3.05, 3.63) is 87.4 Å². The quantitative estimate of drug-likeness (QED) is 0.238. The smallest absolute Gasteiger partial charge is 0.295 e. The summed E-state index contributed by atoms with van der Waals surface area (Å²) < 4.78 is 0.889. The Morgan fingerprint density at radius 3 is 2.23 bits per heavy atom. The highest BCUT2D eigenvalue weighted by atomic mass is 79.9. The first-order valence-electron chi connectivity index (χ1n) is 11.0. The zero-order valence-corrected chi connectivity index (χ0v) is 21.4. The number of azo groups is 1. The van der Waals surface area contributed by atoms with Crippen LogP contribution in [0.5, 0.6) is 5.88 Å². The monoisotopic (exact) mass is 532 g/mol. The molecule has 0 fully saturated rings. The minimum Gasteiger partial charge on any atom is -0.493 e. The number of aromatic amines is 1. The van der Waals surface area contributed by atoms with Gasteiger partial charge in [-0.1, -0.05) is 48.8 Å². The van der Waals surface area contributed by atoms with E-state index in [1.165, 1.54) is 0 Å². The summed E-state index contributed by atoms with van der Waals surface area (Å²) in [5.74, 6) is -0.966. The van der Waals surface area contributed by atoms with Crippen molar-refractivity contribution in [2.45, 2.75) is 33.1 Å². The number of benzene rings is 3. The molecule has 178 valence electrons. The minimum absolute atomic E-state index is 0.0117. The standard InChI is InChI=1S/C27H25BrN4O3/c1-15-13-20-22(14-21(15)28)30-26(35)23(20)31-32-25(34)17-7-11-19(12-8-17)29-24(33)16-5-9-18(10-6-16)27(2,3)4/h5-14,30,35H,1-4H3,(H,29,33). The van der Waals surface area contributed by atoms with Crippen LogP contribution in [-0.2, 0) is 5.41 Å². The van der Waals surface area contributed by atoms with Crippen molar-refractivity contribution < 1.29 is 14.7 Å². The van der Waals surface area contributed by atoms with Gasteiger partial charge in [0.2, 0.25) is 5.88 Å². The molecule has 3 aromatic carbocycles. The number of aryl methyl sites for hydroxylation is 1. The average Bonchev–Trinajstić information content (AvgIpc) is 3.11. The number of nitrogens with zero attached hydrogens (tertiary/aromatic N) is 2. The van der Waals surface area contributed by atoms with Gasteiger partial charge < -0.3 is 15.4 Å². The Kier molecular flexibility index (Phi) is 6.58. The SMILES string of the molecule is Cc1cc2c(N=NC(=O)c3ccc(NC(=O)c4ccc(C(C)(C)C)cc4)cc3)c(O)[nH]c2cc1Br. The predicted molar refractivity (Wildman–Crippen MR) is 141 cm³/mol. The molecule has 3 N–H and O–H groups in total. The maximum absolute atomic E-state index is 12.6. The third-order valence-electron chi connectivity index (χ3n) is 5.67. The summed E-state index contributed by atoms with van der Waals surface area (Å²) in [7, 11) is 0. The van der Waals surface area contributed by atoms with E-state index in [4.69, 9.17) is 0 Å². The van der Waals surface area contributed by atoms with Crippen molar-refractivity contribution in [2.75, 3.05) is 5.32 Å². The van der Waals surface area contributed by atoms with Crippen molar-refractivity contribution >= 4 is 50.0 Å². The lowest BCUT2D eigenvalue weighted by Gasteiger charge is -2.19. The molecule has 0 unspecified atom stereocenters. The summed E-state index contributed by atoms with van der Waals surface area (Å²) in [5.41, 5.74) is 4.40. The van der Waals surface area contributed by atoms with E-state index in [0.29, 0.717) is 27.7 Å². The highest BCUT2D eigenvalue weighted by molar-refractivity contribution is 9.10. The number of nitrogens with one attached hydrogen (secondary N) is 2. The maximum Gasteiger partial charge on any atom is 0.295 e. The molecule has 0 atom stereocenters. The van der Waals surface area contributed by atoms with Gasteiger partial charge in [-0.3, -0.25) is 9.59 Å². The van der Waals surface area contributed by atoms with Gasteiger partial charge in [0.25, 0.3) is 11.8 Å². The highest BCUT2D eigenvalue weighted by Gasteiger charge is 2.15. The van der Waals surface area contributed by atoms with Crippen LogP contribution in [-0.4, -0.2) is 21.9 Å². The van der Waals surface area contributed by atoms with Crippen molar-refractivity contribution in [2.24, 2.45) is 10.2 Å². The van der Waals surface area contributed by atoms with E-state index < -0.39 is 5.91 Å². The second-order valence-electron chi connectivity index (χ2n) is 9.33. The summed E-state index contributed by atoms with van der Waals surface area (Å²) >= 11 is 3.45. The lowest BCUT2D eigenvalue weighted by atomic mass is 9.87. The predicted octanol–water partition coefficient (Wildman–Crippen LogP) is 7.42. The van der Waals surface area contributed by atoms with E-state index in [-0.39, 0.29) is 22.9 Å². The van der Waals surface area contributed by atoms with Crippen molar-refractivity contribution in [3.8, 4) is 5.88 Å². The molecule has 1 heterocycles. The molecule has 0 bridgehead atoms. The number of halogens is 1. The first-order valence-corrected chi connectivity index (χ1v) is 11.8. The Bertz CT molecular complexity index is 1450. The van der Waals surface area contributed by atoms with Gasteiger partial charge in [-0.25, -0.2) is 0 Å². The Labute approximate surface area is 211 Å². The summed E-state index contributed by atoms with van der Waals surface area (Å²) in [4.78, 5) is 27.9. The molecule has 0 saturated heterocycles. The van der Waals surface area contributed by atoms with Crippen LogP contribution < -0.4 is 5.32 Å². The largest absolute Gasteiger partial charge is 0.493 e. The van der Waals surface area contributed by atoms with Gasteiger partial charge in [0.05, 0.1) is 5.52 Å². The fourth-order valence-corrected chi connectivity index (χ4v) is 3.91. The molecule has 0 aliphatic rings. The third-order valence-corrected chi connectivity index (χ3v) is 6.53. The normalized spacial score (nSPS) is 11.8. The van der Waals surface area contributed by atoms with Crippen LogP contribution in [0.3, 0.4) is 0 Å². The summed E-state index contributed by atoms with van der Waals surface area (Å²) in [6, 6.07) is 17.6. The second kappa shape index (κ2) is 9.46. The number of hydrogen-bond acceptors (Lipinski definition) is 4. The van der Waals surface area contributed by atoms with Crippen LogP contribution in [0.15, 0.2) is 75.4 Å². The van der Waals surface area contributed by atoms with Crippen molar-refractivity contribution in [3.63, 3.8) is 0 Å². The van der Waals surface area contributed by atoms with Gasteiger partial charge >= 0.3 is 0 Å². The Morgan fingerprint density at radius 1 is 0.971 bits per heavy atom. The van der Waals surface area contributed by atoms with Crippen molar-refractivity contribution in [1.82, 2.24) is 4.98 Å². The van der Waals surface area contributed by atoms with Crippen LogP contribution in [0, 0.1) is 6.92 Å². The number of aromatic hydroxyl groups is 1. The van der Waals surface area contributed by atoms with Gasteiger partial charge in [-0.05, 0) is 72.0 Å². The topological polar surface area (TPSA) is 107 Å². The van der Waals surface area contributed by atoms with Gasteiger partial charge in [-0.2, -0.15) is 0 Å². The molecule has 0 radical (unpaired) electrons. The Morgan fingerprint density at radius 2 is 1.60 bits per heavy atom. The first-order chi connectivity index (χ1) is 16.5. The fraction of sp³-hybridized carbons (Fsp3) is 0.185. The van der Waals surface area contributed by atoms with Crippen LogP contribution in [0.4, 0.5) is 11.4 Å². The molecule has 35 heavy (non-hydrogen) atoms. The Hall–Kier alpha value is -3.78. The van der Waals surface area contributed by atoms with Gasteiger partial charge in [0.15, 0.2) is 5.69 Å². The molecule has 4 aromatic rings. The first kappa shape index (κ1) is 24.3. The van der Waals surface area contributed by atoms with E-state index in [1.807, 2.05) is 31.2 Å². The zero-order chi connectivity index (χ0) is 25.3. The molecule has 0 spiro atoms. The van der Waals surface area contributed by atoms with Crippen LogP contribution in [0.2, 0.25) is 0 Å². The highest BCUT2D eigenvalue weighted by Crippen LogP contribution is 2.38. The number of carbonyl (C=O) groups excluding carboxylic acids is 2. The van der Waals surface area contributed by atoms with E-state index in [0.717, 1.165) is 15.6 Å². The molecule has 8 heteroatoms. The number of rotatable bonds is 4. The number of H-pyrrole nitrogens is 1. The number of fused-ring (bicyclic) bond motifs is 1. The molecule has 7 nitrogen and oxygen atoms in total. The van der Waals surface area contributed by atoms with E-state index in [1.54, 1.807) is 36.4 Å². The summed E-state index contributed by atoms with van der Waals surface area (Å²) in [6.45, 7) is 8.27. The lowest BCUT2D eigenvalue weighted by molar-refractivity contribution is 0.0993. The number of carbonyl (C=O) groups is 2. The zero-order valence-electron chi connectivity index (χ0n) is 19.8. The molecule has 1 aromatic heterocycles. The van der Waals surface area contributed by atoms with E-state index >= 15 is 0 Å². The molecule has 2 amide bonds. The minimum atomic E-state index is -0.566. The van der Waals surface area contributed by atoms with Gasteiger partial charge in [0.1, 0.15) is 0 Å². The van der Waals surface area contributed by atoms with Crippen LogP contribution >= 0.6 is 15.9 Å². The van der Waals surface area contributed by atoms with Gasteiger partial charge in [-0.15, -0.1) is 10.2 Å². The molecular formula is C27H25BrN4O3. The summed E-state index contributed by atoms with van der Waals surface area (Å²) in [5, 5.41) is 21.4. The molecule has 0 aliphatic carbocycles. The average molecular weight is 533 g/mol. The third kappa shape index (κ3) is 5.33. The maximum atomic E-state index is 12.6. The van der Waals surface area contributed by atoms with E-state index in [9.17, 15) is 14.7 Å². The summed E-state index contributed by atoms with van der Waals surface area (Å²) in [6.07, 6.45) is 0.